The largest absolute Gasteiger partial charge is 0.326 e. The van der Waals surface area contributed by atoms with Gasteiger partial charge in [0.25, 0.3) is 10.0 Å². The van der Waals surface area contributed by atoms with Crippen molar-refractivity contribution in [2.24, 2.45) is 0 Å². The van der Waals surface area contributed by atoms with E-state index in [4.69, 9.17) is 11.6 Å². The highest BCUT2D eigenvalue weighted by atomic mass is 35.5. The molecule has 2 N–H and O–H groups in total. The number of hydrogen-bond acceptors (Lipinski definition) is 5. The van der Waals surface area contributed by atoms with Gasteiger partial charge < -0.3 is 10.6 Å². The molecule has 0 spiro atoms. The number of carbonyl (C=O) groups excluding carboxylic acids is 2. The summed E-state index contributed by atoms with van der Waals surface area (Å²) in [5.41, 5.74) is 1.14. The minimum Gasteiger partial charge on any atom is -0.326 e. The van der Waals surface area contributed by atoms with Gasteiger partial charge in [-0.25, -0.2) is 8.42 Å². The Labute approximate surface area is 166 Å². The highest BCUT2D eigenvalue weighted by Crippen LogP contribution is 2.32. The van der Waals surface area contributed by atoms with E-state index < -0.39 is 16.1 Å². The van der Waals surface area contributed by atoms with Crippen LogP contribution >= 0.6 is 22.9 Å². The van der Waals surface area contributed by atoms with Crippen molar-refractivity contribution in [2.45, 2.75) is 30.0 Å². The van der Waals surface area contributed by atoms with E-state index in [1.807, 2.05) is 0 Å². The second kappa shape index (κ2) is 7.97. The topological polar surface area (TPSA) is 95.6 Å². The fraction of sp³-hybridized carbons (Fsp3) is 0.294. The number of halogens is 1. The zero-order valence-electron chi connectivity index (χ0n) is 14.4. The summed E-state index contributed by atoms with van der Waals surface area (Å²) in [6.07, 6.45) is 1.06. The van der Waals surface area contributed by atoms with Crippen molar-refractivity contribution >= 4 is 56.2 Å². The standard InChI is InChI=1S/C17H18ClN3O4S2/c1-11(22)19-12-4-6-13(7-5-12)20-17(23)14-3-2-10-21(14)27(24,25)16-9-8-15(18)26-16/h4-9,14H,2-3,10H2,1H3,(H,19,22)(H,20,23)/t14-/m1/s1. The first kappa shape index (κ1) is 19.8. The molecular formula is C17H18ClN3O4S2. The number of anilines is 2. The van der Waals surface area contributed by atoms with Gasteiger partial charge in [0.1, 0.15) is 10.3 Å². The number of nitrogens with one attached hydrogen (secondary N) is 2. The summed E-state index contributed by atoms with van der Waals surface area (Å²) in [6.45, 7) is 1.70. The number of thiophene rings is 1. The maximum atomic E-state index is 12.8. The number of rotatable bonds is 5. The van der Waals surface area contributed by atoms with Crippen molar-refractivity contribution in [3.05, 3.63) is 40.7 Å². The van der Waals surface area contributed by atoms with Gasteiger partial charge >= 0.3 is 0 Å². The Morgan fingerprint density at radius 3 is 2.30 bits per heavy atom. The fourth-order valence-corrected chi connectivity index (χ4v) is 6.18. The number of benzene rings is 1. The van der Waals surface area contributed by atoms with Crippen LogP contribution in [0, 0.1) is 0 Å². The van der Waals surface area contributed by atoms with Gasteiger partial charge in [0, 0.05) is 24.8 Å². The summed E-state index contributed by atoms with van der Waals surface area (Å²) in [5.74, 6) is -0.571. The summed E-state index contributed by atoms with van der Waals surface area (Å²) >= 11 is 6.83. The zero-order valence-corrected chi connectivity index (χ0v) is 16.8. The molecular weight excluding hydrogens is 410 g/mol. The molecule has 27 heavy (non-hydrogen) atoms. The monoisotopic (exact) mass is 427 g/mol. The Kier molecular flexibility index (Phi) is 5.85. The van der Waals surface area contributed by atoms with Crippen molar-refractivity contribution in [3.63, 3.8) is 0 Å². The second-order valence-electron chi connectivity index (χ2n) is 6.08. The lowest BCUT2D eigenvalue weighted by Crippen LogP contribution is -2.42. The predicted molar refractivity (Wildman–Crippen MR) is 106 cm³/mol. The van der Waals surface area contributed by atoms with Crippen molar-refractivity contribution in [3.8, 4) is 0 Å². The van der Waals surface area contributed by atoms with Crippen LogP contribution in [-0.4, -0.2) is 37.1 Å². The van der Waals surface area contributed by atoms with Gasteiger partial charge in [-0.05, 0) is 49.2 Å². The third-order valence-electron chi connectivity index (χ3n) is 4.09. The molecule has 1 saturated heterocycles. The molecule has 1 aromatic heterocycles. The Hall–Kier alpha value is -1.94. The fourth-order valence-electron chi connectivity index (χ4n) is 2.91. The molecule has 1 atom stereocenters. The normalized spacial score (nSPS) is 17.6. The van der Waals surface area contributed by atoms with E-state index in [0.29, 0.717) is 28.6 Å². The molecule has 2 heterocycles. The van der Waals surface area contributed by atoms with Crippen LogP contribution in [0.25, 0.3) is 0 Å². The van der Waals surface area contributed by atoms with Crippen LogP contribution in [0.15, 0.2) is 40.6 Å². The number of carbonyl (C=O) groups is 2. The molecule has 1 fully saturated rings. The highest BCUT2D eigenvalue weighted by Gasteiger charge is 2.40. The summed E-state index contributed by atoms with van der Waals surface area (Å²) in [7, 11) is -3.77. The van der Waals surface area contributed by atoms with E-state index in [1.165, 1.54) is 23.4 Å². The van der Waals surface area contributed by atoms with Gasteiger partial charge in [-0.1, -0.05) is 11.6 Å². The smallest absolute Gasteiger partial charge is 0.253 e. The van der Waals surface area contributed by atoms with Crippen molar-refractivity contribution in [1.29, 1.82) is 0 Å². The molecule has 2 amide bonds. The van der Waals surface area contributed by atoms with E-state index >= 15 is 0 Å². The maximum Gasteiger partial charge on any atom is 0.253 e. The van der Waals surface area contributed by atoms with Crippen LogP contribution in [0.1, 0.15) is 19.8 Å². The highest BCUT2D eigenvalue weighted by molar-refractivity contribution is 7.91. The van der Waals surface area contributed by atoms with Crippen LogP contribution in [0.5, 0.6) is 0 Å². The van der Waals surface area contributed by atoms with Crippen molar-refractivity contribution in [2.75, 3.05) is 17.2 Å². The van der Waals surface area contributed by atoms with Gasteiger partial charge in [0.15, 0.2) is 0 Å². The number of nitrogens with zero attached hydrogens (tertiary/aromatic N) is 1. The van der Waals surface area contributed by atoms with Gasteiger partial charge in [-0.3, -0.25) is 9.59 Å². The van der Waals surface area contributed by atoms with E-state index in [9.17, 15) is 18.0 Å². The molecule has 3 rings (SSSR count). The first-order valence-corrected chi connectivity index (χ1v) is 10.9. The zero-order chi connectivity index (χ0) is 19.6. The van der Waals surface area contributed by atoms with Gasteiger partial charge in [-0.2, -0.15) is 4.31 Å². The molecule has 7 nitrogen and oxygen atoms in total. The summed E-state index contributed by atoms with van der Waals surface area (Å²) < 4.78 is 27.4. The number of hydrogen-bond donors (Lipinski definition) is 2. The molecule has 0 unspecified atom stereocenters. The Balaban J connectivity index is 1.73. The van der Waals surface area contributed by atoms with Crippen LogP contribution in [0.4, 0.5) is 11.4 Å². The molecule has 0 radical (unpaired) electrons. The first-order valence-electron chi connectivity index (χ1n) is 8.23. The third kappa shape index (κ3) is 4.49. The molecule has 1 aliphatic rings. The molecule has 1 aliphatic heterocycles. The van der Waals surface area contributed by atoms with Crippen LogP contribution in [0.3, 0.4) is 0 Å². The van der Waals surface area contributed by atoms with Crippen molar-refractivity contribution < 1.29 is 18.0 Å². The van der Waals surface area contributed by atoms with Crippen LogP contribution in [-0.2, 0) is 19.6 Å². The lowest BCUT2D eigenvalue weighted by Gasteiger charge is -2.22. The predicted octanol–water partition coefficient (Wildman–Crippen LogP) is 3.15. The lowest BCUT2D eigenvalue weighted by atomic mass is 10.2. The Morgan fingerprint density at radius 2 is 1.74 bits per heavy atom. The molecule has 0 aliphatic carbocycles. The molecule has 0 saturated carbocycles. The lowest BCUT2D eigenvalue weighted by molar-refractivity contribution is -0.119. The average Bonchev–Trinajstić information content (AvgIpc) is 3.25. The third-order valence-corrected chi connectivity index (χ3v) is 7.70. The van der Waals surface area contributed by atoms with Gasteiger partial charge in [0.05, 0.1) is 4.34 Å². The summed E-state index contributed by atoms with van der Waals surface area (Å²) in [6, 6.07) is 8.83. The van der Waals surface area contributed by atoms with Crippen LogP contribution in [0.2, 0.25) is 4.34 Å². The Bertz CT molecular complexity index is 957. The second-order valence-corrected chi connectivity index (χ2v) is 9.91. The van der Waals surface area contributed by atoms with E-state index in [-0.39, 0.29) is 22.6 Å². The molecule has 2 aromatic rings. The SMILES string of the molecule is CC(=O)Nc1ccc(NC(=O)[C@H]2CCCN2S(=O)(=O)c2ccc(Cl)s2)cc1. The number of sulfonamides is 1. The molecule has 0 bridgehead atoms. The minimum atomic E-state index is -3.77. The van der Waals surface area contributed by atoms with Gasteiger partial charge in [0.2, 0.25) is 11.8 Å². The summed E-state index contributed by atoms with van der Waals surface area (Å²) in [4.78, 5) is 23.7. The number of amides is 2. The van der Waals surface area contributed by atoms with Gasteiger partial charge in [-0.15, -0.1) is 11.3 Å². The Morgan fingerprint density at radius 1 is 1.11 bits per heavy atom. The molecule has 144 valence electrons. The first-order chi connectivity index (χ1) is 12.8. The quantitative estimate of drug-likeness (QED) is 0.766. The van der Waals surface area contributed by atoms with E-state index in [0.717, 1.165) is 11.3 Å². The minimum absolute atomic E-state index is 0.131. The van der Waals surface area contributed by atoms with E-state index in [1.54, 1.807) is 24.3 Å². The van der Waals surface area contributed by atoms with E-state index in [2.05, 4.69) is 10.6 Å². The van der Waals surface area contributed by atoms with Crippen molar-refractivity contribution in [1.82, 2.24) is 4.31 Å². The average molecular weight is 428 g/mol. The summed E-state index contributed by atoms with van der Waals surface area (Å²) in [5, 5.41) is 5.38. The maximum absolute atomic E-state index is 12.8. The van der Waals surface area contributed by atoms with Crippen LogP contribution < -0.4 is 10.6 Å². The molecule has 1 aromatic carbocycles. The molecule has 10 heteroatoms.